The largest absolute Gasteiger partial charge is 0.493 e. The summed E-state index contributed by atoms with van der Waals surface area (Å²) < 4.78 is 33.4. The first-order valence-corrected chi connectivity index (χ1v) is 10.3. The van der Waals surface area contributed by atoms with Crippen LogP contribution >= 0.6 is 11.3 Å². The molecule has 1 aromatic carbocycles. The van der Waals surface area contributed by atoms with Crippen molar-refractivity contribution in [1.82, 2.24) is 10.3 Å². The van der Waals surface area contributed by atoms with E-state index in [1.165, 1.54) is 17.4 Å². The number of benzene rings is 1. The average Bonchev–Trinajstić information content (AvgIpc) is 3.16. The van der Waals surface area contributed by atoms with Crippen molar-refractivity contribution in [1.29, 1.82) is 0 Å². The Hall–Kier alpha value is -2.39. The normalized spacial score (nSPS) is 17.9. The number of ether oxygens (including phenoxy) is 2. The number of hydrogen-bond donors (Lipinski definition) is 1. The van der Waals surface area contributed by atoms with Crippen molar-refractivity contribution in [3.63, 3.8) is 0 Å². The second-order valence-electron chi connectivity index (χ2n) is 5.73. The molecule has 0 radical (unpaired) electrons. The second-order valence-corrected chi connectivity index (χ2v) is 8.87. The lowest BCUT2D eigenvalue weighted by molar-refractivity contribution is 0.0943. The Labute approximate surface area is 155 Å². The van der Waals surface area contributed by atoms with Crippen LogP contribution in [0.2, 0.25) is 0 Å². The lowest BCUT2D eigenvalue weighted by atomic mass is 10.2. The molecule has 2 heterocycles. The molecule has 1 N–H and O–H groups in total. The van der Waals surface area contributed by atoms with Gasteiger partial charge in [0.2, 0.25) is 0 Å². The zero-order valence-electron chi connectivity index (χ0n) is 14.5. The highest BCUT2D eigenvalue weighted by molar-refractivity contribution is 7.94. The molecule has 1 amide bonds. The summed E-state index contributed by atoms with van der Waals surface area (Å²) in [5.41, 5.74) is 1.09. The fourth-order valence-corrected chi connectivity index (χ4v) is 4.74. The van der Waals surface area contributed by atoms with Gasteiger partial charge in [0, 0.05) is 15.8 Å². The van der Waals surface area contributed by atoms with Gasteiger partial charge in [-0.2, -0.15) is 0 Å². The topological polar surface area (TPSA) is 94.6 Å². The van der Waals surface area contributed by atoms with Gasteiger partial charge in [-0.3, -0.25) is 4.79 Å². The minimum Gasteiger partial charge on any atom is -0.493 e. The molecule has 0 fully saturated rings. The molecular weight excluding hydrogens is 376 g/mol. The summed E-state index contributed by atoms with van der Waals surface area (Å²) in [5, 5.41) is 4.49. The minimum absolute atomic E-state index is 0.121. The molecule has 0 unspecified atom stereocenters. The van der Waals surface area contributed by atoms with Crippen LogP contribution in [0.4, 0.5) is 0 Å². The van der Waals surface area contributed by atoms with E-state index in [1.807, 2.05) is 6.07 Å². The van der Waals surface area contributed by atoms with Crippen LogP contribution in [0.1, 0.15) is 15.4 Å². The Kier molecular flexibility index (Phi) is 5.01. The highest BCUT2D eigenvalue weighted by Gasteiger charge is 2.25. The second kappa shape index (κ2) is 7.08. The number of methoxy groups -OCH3 is 2. The van der Waals surface area contributed by atoms with E-state index >= 15 is 0 Å². The van der Waals surface area contributed by atoms with Crippen molar-refractivity contribution in [2.24, 2.45) is 0 Å². The number of rotatable bonds is 5. The molecule has 2 aromatic rings. The van der Waals surface area contributed by atoms with Gasteiger partial charge in [0.1, 0.15) is 10.7 Å². The molecule has 1 aromatic heterocycles. The number of aryl methyl sites for hydroxylation is 1. The molecule has 1 aliphatic rings. The molecule has 7 nitrogen and oxygen atoms in total. The summed E-state index contributed by atoms with van der Waals surface area (Å²) in [6, 6.07) is 4.88. The first-order chi connectivity index (χ1) is 12.3. The molecule has 1 aliphatic heterocycles. The molecule has 1 atom stereocenters. The first-order valence-electron chi connectivity index (χ1n) is 7.74. The van der Waals surface area contributed by atoms with Crippen LogP contribution < -0.4 is 14.8 Å². The zero-order chi connectivity index (χ0) is 18.9. The molecule has 3 rings (SSSR count). The summed E-state index contributed by atoms with van der Waals surface area (Å²) in [5.74, 6) is 0.670. The van der Waals surface area contributed by atoms with E-state index in [9.17, 15) is 13.2 Å². The van der Waals surface area contributed by atoms with E-state index in [2.05, 4.69) is 10.3 Å². The number of aromatic nitrogens is 1. The summed E-state index contributed by atoms with van der Waals surface area (Å²) in [6.45, 7) is 1.80. The summed E-state index contributed by atoms with van der Waals surface area (Å²) in [6.07, 6.45) is 1.48. The standard InChI is InChI=1S/C17H18N2O5S2/c1-10-15(16(20)18-12-6-7-26(21,22)9-12)19-17(25-10)11-4-5-13(23-2)14(8-11)24-3/h4-8,12H,9H2,1-3H3,(H,18,20)/t12-/m0/s1. The van der Waals surface area contributed by atoms with Crippen LogP contribution in [-0.4, -0.2) is 45.3 Å². The van der Waals surface area contributed by atoms with Gasteiger partial charge >= 0.3 is 0 Å². The van der Waals surface area contributed by atoms with Gasteiger partial charge in [-0.25, -0.2) is 13.4 Å². The quantitative estimate of drug-likeness (QED) is 0.835. The summed E-state index contributed by atoms with van der Waals surface area (Å²) in [7, 11) is -0.111. The van der Waals surface area contributed by atoms with Gasteiger partial charge in [0.25, 0.3) is 5.91 Å². The predicted octanol–water partition coefficient (Wildman–Crippen LogP) is 2.18. The monoisotopic (exact) mass is 394 g/mol. The fraction of sp³-hybridized carbons (Fsp3) is 0.294. The van der Waals surface area contributed by atoms with Gasteiger partial charge in [0.15, 0.2) is 21.3 Å². The fourth-order valence-electron chi connectivity index (χ4n) is 2.60. The van der Waals surface area contributed by atoms with Gasteiger partial charge in [-0.15, -0.1) is 11.3 Å². The van der Waals surface area contributed by atoms with Crippen molar-refractivity contribution in [3.8, 4) is 22.1 Å². The van der Waals surface area contributed by atoms with Crippen molar-refractivity contribution >= 4 is 27.1 Å². The van der Waals surface area contributed by atoms with Crippen molar-refractivity contribution in [3.05, 3.63) is 40.3 Å². The number of carbonyl (C=O) groups excluding carboxylic acids is 1. The number of amides is 1. The van der Waals surface area contributed by atoms with Crippen LogP contribution in [-0.2, 0) is 9.84 Å². The number of sulfone groups is 1. The highest BCUT2D eigenvalue weighted by Crippen LogP contribution is 2.34. The summed E-state index contributed by atoms with van der Waals surface area (Å²) >= 11 is 1.38. The molecule has 0 saturated carbocycles. The Bertz CT molecular complexity index is 979. The third-order valence-corrected chi connectivity index (χ3v) is 6.30. The van der Waals surface area contributed by atoms with E-state index in [0.717, 1.165) is 15.8 Å². The lowest BCUT2D eigenvalue weighted by Gasteiger charge is -2.09. The van der Waals surface area contributed by atoms with Crippen LogP contribution in [0, 0.1) is 6.92 Å². The third-order valence-electron chi connectivity index (χ3n) is 3.89. The Balaban J connectivity index is 1.83. The van der Waals surface area contributed by atoms with Gasteiger partial charge in [-0.05, 0) is 31.2 Å². The van der Waals surface area contributed by atoms with E-state index in [1.54, 1.807) is 33.3 Å². The minimum atomic E-state index is -3.22. The summed E-state index contributed by atoms with van der Waals surface area (Å²) in [4.78, 5) is 17.6. The molecule has 138 valence electrons. The Morgan fingerprint density at radius 3 is 2.62 bits per heavy atom. The maximum Gasteiger partial charge on any atom is 0.271 e. The van der Waals surface area contributed by atoms with E-state index in [0.29, 0.717) is 16.5 Å². The predicted molar refractivity (Wildman–Crippen MR) is 99.6 cm³/mol. The van der Waals surface area contributed by atoms with Crippen molar-refractivity contribution < 1.29 is 22.7 Å². The number of thiazole rings is 1. The Morgan fingerprint density at radius 1 is 1.27 bits per heavy atom. The van der Waals surface area contributed by atoms with E-state index < -0.39 is 21.8 Å². The molecule has 0 aliphatic carbocycles. The Morgan fingerprint density at radius 2 is 2.00 bits per heavy atom. The molecule has 9 heteroatoms. The van der Waals surface area contributed by atoms with E-state index in [4.69, 9.17) is 9.47 Å². The number of carbonyl (C=O) groups is 1. The zero-order valence-corrected chi connectivity index (χ0v) is 16.1. The van der Waals surface area contributed by atoms with Crippen molar-refractivity contribution in [2.45, 2.75) is 13.0 Å². The average molecular weight is 394 g/mol. The first kappa shape index (κ1) is 18.4. The van der Waals surface area contributed by atoms with Crippen LogP contribution in [0.3, 0.4) is 0 Å². The molecule has 0 saturated heterocycles. The smallest absolute Gasteiger partial charge is 0.271 e. The maximum atomic E-state index is 12.5. The maximum absolute atomic E-state index is 12.5. The highest BCUT2D eigenvalue weighted by atomic mass is 32.2. The molecule has 0 bridgehead atoms. The van der Waals surface area contributed by atoms with Crippen molar-refractivity contribution in [2.75, 3.05) is 20.0 Å². The van der Waals surface area contributed by atoms with Crippen LogP contribution in [0.5, 0.6) is 11.5 Å². The number of hydrogen-bond acceptors (Lipinski definition) is 7. The number of nitrogens with zero attached hydrogens (tertiary/aromatic N) is 1. The van der Waals surface area contributed by atoms with Gasteiger partial charge in [0.05, 0.1) is 26.0 Å². The van der Waals surface area contributed by atoms with Gasteiger partial charge in [-0.1, -0.05) is 0 Å². The van der Waals surface area contributed by atoms with Gasteiger partial charge < -0.3 is 14.8 Å². The van der Waals surface area contributed by atoms with E-state index in [-0.39, 0.29) is 11.4 Å². The molecule has 26 heavy (non-hydrogen) atoms. The van der Waals surface area contributed by atoms with Crippen LogP contribution in [0.25, 0.3) is 10.6 Å². The number of nitrogens with one attached hydrogen (secondary N) is 1. The third kappa shape index (κ3) is 3.73. The molecule has 0 spiro atoms. The van der Waals surface area contributed by atoms with Crippen LogP contribution in [0.15, 0.2) is 29.7 Å². The molecular formula is C17H18N2O5S2. The lowest BCUT2D eigenvalue weighted by Crippen LogP contribution is -2.35. The SMILES string of the molecule is COc1ccc(-c2nc(C(=O)N[C@H]3C=CS(=O)(=O)C3)c(C)s2)cc1OC.